The van der Waals surface area contributed by atoms with Crippen LogP contribution in [0, 0.1) is 6.92 Å². The molecule has 0 unspecified atom stereocenters. The summed E-state index contributed by atoms with van der Waals surface area (Å²) in [4.78, 5) is 37.7. The van der Waals surface area contributed by atoms with Gasteiger partial charge in [-0.3, -0.25) is 9.59 Å². The first-order valence-electron chi connectivity index (χ1n) is 13.7. The molecule has 44 heavy (non-hydrogen) atoms. The Hall–Kier alpha value is -6.03. The molecule has 0 fully saturated rings. The lowest BCUT2D eigenvalue weighted by molar-refractivity contribution is -0.116. The first kappa shape index (κ1) is 29.5. The number of carbonyl (C=O) groups excluding carboxylic acids is 3. The highest BCUT2D eigenvalue weighted by Gasteiger charge is 2.18. The number of aromatic hydroxyl groups is 1. The number of carbonyl (C=O) groups is 3. The topological polar surface area (TPSA) is 138 Å². The van der Waals surface area contributed by atoms with Crippen molar-refractivity contribution in [2.75, 3.05) is 17.3 Å². The Balaban J connectivity index is 0.000000186. The van der Waals surface area contributed by atoms with Crippen molar-refractivity contribution < 1.29 is 24.2 Å². The normalized spacial score (nSPS) is 10.5. The van der Waals surface area contributed by atoms with Crippen LogP contribution >= 0.6 is 0 Å². The van der Waals surface area contributed by atoms with Crippen molar-refractivity contribution in [2.45, 2.75) is 13.8 Å². The molecule has 1 heterocycles. The maximum Gasteiger partial charge on any atom is 0.343 e. The summed E-state index contributed by atoms with van der Waals surface area (Å²) in [5.74, 6) is -0.497. The second-order valence-electron chi connectivity index (χ2n) is 9.91. The molecule has 0 aliphatic rings. The molecule has 6 aromatic rings. The van der Waals surface area contributed by atoms with E-state index < -0.39 is 5.97 Å². The Morgan fingerprint density at radius 3 is 2.30 bits per heavy atom. The largest absolute Gasteiger partial charge is 0.506 e. The van der Waals surface area contributed by atoms with Gasteiger partial charge in [-0.15, -0.1) is 0 Å². The van der Waals surface area contributed by atoms with Gasteiger partial charge < -0.3 is 20.1 Å². The van der Waals surface area contributed by atoms with E-state index in [2.05, 4.69) is 20.7 Å². The fourth-order valence-electron chi connectivity index (χ4n) is 4.50. The maximum atomic E-state index is 12.6. The minimum absolute atomic E-state index is 0.104. The number of para-hydroxylation sites is 2. The van der Waals surface area contributed by atoms with Gasteiger partial charge in [-0.1, -0.05) is 54.6 Å². The number of aromatic nitrogens is 3. The molecule has 10 heteroatoms. The van der Waals surface area contributed by atoms with Gasteiger partial charge in [-0.05, 0) is 61.0 Å². The number of hydrogen-bond acceptors (Lipinski definition) is 7. The molecule has 0 bridgehead atoms. The highest BCUT2D eigenvalue weighted by atomic mass is 16.5. The monoisotopic (exact) mass is 587 g/mol. The highest BCUT2D eigenvalue weighted by Crippen LogP contribution is 2.35. The number of amides is 2. The summed E-state index contributed by atoms with van der Waals surface area (Å²) in [7, 11) is 1.67. The summed E-state index contributed by atoms with van der Waals surface area (Å²) < 4.78 is 5.23. The number of benzene rings is 5. The minimum Gasteiger partial charge on any atom is -0.506 e. The third-order valence-electron chi connectivity index (χ3n) is 6.99. The predicted octanol–water partition coefficient (Wildman–Crippen LogP) is 6.27. The van der Waals surface area contributed by atoms with E-state index in [1.807, 2.05) is 49.4 Å². The van der Waals surface area contributed by atoms with Gasteiger partial charge in [0, 0.05) is 30.4 Å². The van der Waals surface area contributed by atoms with Crippen LogP contribution in [0.2, 0.25) is 0 Å². The van der Waals surface area contributed by atoms with Crippen molar-refractivity contribution in [2.24, 2.45) is 0 Å². The van der Waals surface area contributed by atoms with Crippen LogP contribution in [0.5, 0.6) is 11.5 Å². The van der Waals surface area contributed by atoms with E-state index in [0.29, 0.717) is 44.5 Å². The predicted molar refractivity (Wildman–Crippen MR) is 169 cm³/mol. The van der Waals surface area contributed by atoms with Crippen LogP contribution in [-0.4, -0.2) is 45.3 Å². The van der Waals surface area contributed by atoms with E-state index in [9.17, 15) is 19.5 Å². The van der Waals surface area contributed by atoms with Gasteiger partial charge in [-0.2, -0.15) is 15.4 Å². The number of fused-ring (bicyclic) bond motifs is 2. The molecule has 10 nitrogen and oxygen atoms in total. The van der Waals surface area contributed by atoms with Crippen LogP contribution in [0.25, 0.3) is 21.8 Å². The third kappa shape index (κ3) is 6.39. The number of ether oxygens (including phenoxy) is 1. The Kier molecular flexibility index (Phi) is 8.62. The summed E-state index contributed by atoms with van der Waals surface area (Å²) in [6.45, 7) is 3.38. The van der Waals surface area contributed by atoms with E-state index >= 15 is 0 Å². The average molecular weight is 588 g/mol. The number of anilines is 2. The van der Waals surface area contributed by atoms with Gasteiger partial charge in [0.05, 0.1) is 16.8 Å². The number of nitrogens with one attached hydrogen (secondary N) is 2. The zero-order valence-corrected chi connectivity index (χ0v) is 24.2. The van der Waals surface area contributed by atoms with Crippen molar-refractivity contribution in [1.29, 1.82) is 0 Å². The van der Waals surface area contributed by atoms with E-state index in [-0.39, 0.29) is 23.1 Å². The SMILES string of the molecule is CC(=O)N(C)c1cccc2c(O)c(C(=O)Nc3ccccc3C)ccc12.O=C(Oc1ccccc1)c1ccc2n[nH]nc2c1. The summed E-state index contributed by atoms with van der Waals surface area (Å²) in [6.07, 6.45) is 0. The standard InChI is InChI=1S/C21H20N2O3.C13H9N3O2/c1-13-7-4-5-9-18(13)22-21(26)17-12-11-15-16(20(17)25)8-6-10-19(15)23(3)14(2)24;17-13(18-10-4-2-1-3-5-10)9-6-7-11-12(8-9)15-16-14-11/h4-12,25H,1-3H3,(H,22,26);1-8H,(H,14,15,16). The Morgan fingerprint density at radius 1 is 0.818 bits per heavy atom. The lowest BCUT2D eigenvalue weighted by atomic mass is 10.0. The van der Waals surface area contributed by atoms with Crippen LogP contribution in [0.3, 0.4) is 0 Å². The van der Waals surface area contributed by atoms with Gasteiger partial charge >= 0.3 is 5.97 Å². The van der Waals surface area contributed by atoms with Crippen LogP contribution in [0.15, 0.2) is 103 Å². The molecule has 1 aromatic heterocycles. The van der Waals surface area contributed by atoms with Crippen molar-refractivity contribution in [3.63, 3.8) is 0 Å². The molecular formula is C34H29N5O5. The van der Waals surface area contributed by atoms with E-state index in [1.165, 1.54) is 11.8 Å². The van der Waals surface area contributed by atoms with Crippen molar-refractivity contribution >= 4 is 51.0 Å². The van der Waals surface area contributed by atoms with Gasteiger partial charge in [0.15, 0.2) is 0 Å². The number of rotatable bonds is 5. The lowest BCUT2D eigenvalue weighted by Crippen LogP contribution is -2.23. The molecule has 0 saturated heterocycles. The van der Waals surface area contributed by atoms with Gasteiger partial charge in [0.1, 0.15) is 22.5 Å². The van der Waals surface area contributed by atoms with Crippen LogP contribution in [0.4, 0.5) is 11.4 Å². The molecule has 0 saturated carbocycles. The quantitative estimate of drug-likeness (QED) is 0.160. The van der Waals surface area contributed by atoms with E-state index in [0.717, 1.165) is 5.56 Å². The number of phenolic OH excluding ortho intramolecular Hbond substituents is 1. The fourth-order valence-corrected chi connectivity index (χ4v) is 4.50. The summed E-state index contributed by atoms with van der Waals surface area (Å²) in [6, 6.07) is 30.0. The first-order valence-corrected chi connectivity index (χ1v) is 13.7. The number of aryl methyl sites for hydroxylation is 1. The van der Waals surface area contributed by atoms with Crippen LogP contribution in [0.1, 0.15) is 33.2 Å². The molecular weight excluding hydrogens is 558 g/mol. The Labute approximate surface area is 252 Å². The maximum absolute atomic E-state index is 12.6. The number of aromatic amines is 1. The average Bonchev–Trinajstić information content (AvgIpc) is 3.51. The zero-order chi connectivity index (χ0) is 31.2. The molecule has 0 aliphatic heterocycles. The molecule has 0 radical (unpaired) electrons. The number of esters is 1. The Bertz CT molecular complexity index is 1990. The van der Waals surface area contributed by atoms with Crippen molar-refractivity contribution in [3.8, 4) is 11.5 Å². The summed E-state index contributed by atoms with van der Waals surface area (Å²) >= 11 is 0. The molecule has 220 valence electrons. The first-order chi connectivity index (χ1) is 21.2. The highest BCUT2D eigenvalue weighted by molar-refractivity contribution is 6.12. The van der Waals surface area contributed by atoms with Crippen molar-refractivity contribution in [1.82, 2.24) is 15.4 Å². The molecule has 0 aliphatic carbocycles. The number of H-pyrrole nitrogens is 1. The van der Waals surface area contributed by atoms with Crippen LogP contribution < -0.4 is 15.0 Å². The second-order valence-corrected chi connectivity index (χ2v) is 9.91. The fraction of sp³-hybridized carbons (Fsp3) is 0.0882. The van der Waals surface area contributed by atoms with Crippen LogP contribution in [-0.2, 0) is 4.79 Å². The number of nitrogens with zero attached hydrogens (tertiary/aromatic N) is 3. The molecule has 6 rings (SSSR count). The lowest BCUT2D eigenvalue weighted by Gasteiger charge is -2.18. The molecule has 3 N–H and O–H groups in total. The third-order valence-corrected chi connectivity index (χ3v) is 6.99. The van der Waals surface area contributed by atoms with Gasteiger partial charge in [0.2, 0.25) is 5.91 Å². The summed E-state index contributed by atoms with van der Waals surface area (Å²) in [5.41, 5.74) is 4.29. The minimum atomic E-state index is -0.411. The molecule has 5 aromatic carbocycles. The molecule has 0 spiro atoms. The number of phenols is 1. The van der Waals surface area contributed by atoms with E-state index in [1.54, 1.807) is 67.7 Å². The molecule has 0 atom stereocenters. The zero-order valence-electron chi connectivity index (χ0n) is 24.2. The van der Waals surface area contributed by atoms with Crippen molar-refractivity contribution in [3.05, 3.63) is 120 Å². The second kappa shape index (κ2) is 12.9. The van der Waals surface area contributed by atoms with Gasteiger partial charge in [0.25, 0.3) is 5.91 Å². The molecule has 2 amide bonds. The van der Waals surface area contributed by atoms with Gasteiger partial charge in [-0.25, -0.2) is 4.79 Å². The smallest absolute Gasteiger partial charge is 0.343 e. The summed E-state index contributed by atoms with van der Waals surface area (Å²) in [5, 5.41) is 25.0. The number of hydrogen-bond donors (Lipinski definition) is 3. The Morgan fingerprint density at radius 2 is 1.55 bits per heavy atom. The van der Waals surface area contributed by atoms with E-state index in [4.69, 9.17) is 4.74 Å².